The van der Waals surface area contributed by atoms with Crippen LogP contribution in [0.25, 0.3) is 0 Å². The molecule has 10 heteroatoms. The van der Waals surface area contributed by atoms with E-state index in [9.17, 15) is 13.2 Å². The van der Waals surface area contributed by atoms with Crippen LogP contribution in [0.5, 0.6) is 0 Å². The van der Waals surface area contributed by atoms with Crippen LogP contribution in [-0.4, -0.2) is 37.7 Å². The third-order valence-corrected chi connectivity index (χ3v) is 6.03. The lowest BCUT2D eigenvalue weighted by molar-refractivity contribution is 0.0526. The average molecular weight is 460 g/mol. The minimum absolute atomic E-state index is 0.0513. The van der Waals surface area contributed by atoms with E-state index in [0.717, 1.165) is 0 Å². The summed E-state index contributed by atoms with van der Waals surface area (Å²) in [5.41, 5.74) is 0.278. The maximum absolute atomic E-state index is 12.5. The van der Waals surface area contributed by atoms with Crippen molar-refractivity contribution in [3.05, 3.63) is 40.0 Å². The molecule has 1 aromatic heterocycles. The number of aryl methyl sites for hydroxylation is 1. The fraction of sp³-hybridized carbons (Fsp3) is 0.471. The van der Waals surface area contributed by atoms with Crippen molar-refractivity contribution in [1.82, 2.24) is 14.9 Å². The first-order chi connectivity index (χ1) is 12.7. The lowest BCUT2D eigenvalue weighted by Gasteiger charge is -2.09. The number of rotatable bonds is 9. The van der Waals surface area contributed by atoms with E-state index in [1.54, 1.807) is 6.92 Å². The largest absolute Gasteiger partial charge is 0.462 e. The summed E-state index contributed by atoms with van der Waals surface area (Å²) < 4.78 is 37.8. The van der Waals surface area contributed by atoms with Crippen LogP contribution in [0.15, 0.2) is 32.1 Å². The van der Waals surface area contributed by atoms with Crippen LogP contribution in [0.1, 0.15) is 55.2 Å². The quantitative estimate of drug-likeness (QED) is 0.452. The molecule has 0 radical (unpaired) electrons. The summed E-state index contributed by atoms with van der Waals surface area (Å²) in [6, 6.07) is 4.22. The van der Waals surface area contributed by atoms with Crippen molar-refractivity contribution in [3.63, 3.8) is 0 Å². The number of nitrogens with zero attached hydrogens (tertiary/aromatic N) is 2. The topological polar surface area (TPSA) is 111 Å². The molecule has 148 valence electrons. The zero-order valence-corrected chi connectivity index (χ0v) is 17.8. The van der Waals surface area contributed by atoms with Crippen molar-refractivity contribution >= 4 is 31.9 Å². The first kappa shape index (κ1) is 21.5. The Morgan fingerprint density at radius 2 is 2.11 bits per heavy atom. The molecule has 2 rings (SSSR count). The highest BCUT2D eigenvalue weighted by atomic mass is 79.9. The van der Waals surface area contributed by atoms with E-state index in [4.69, 9.17) is 9.26 Å². The zero-order chi connectivity index (χ0) is 20.0. The molecule has 1 heterocycles. The predicted octanol–water partition coefficient (Wildman–Crippen LogP) is 3.04. The number of esters is 1. The number of carbonyl (C=O) groups is 1. The molecule has 0 saturated heterocycles. The maximum Gasteiger partial charge on any atom is 0.338 e. The SMILES string of the molecule is CCOC(=O)c1ccc(S(=O)(=O)NCCCc2nc(C(C)C)no2)c(Br)c1. The molecule has 0 amide bonds. The molecule has 0 aliphatic rings. The highest BCUT2D eigenvalue weighted by molar-refractivity contribution is 9.10. The molecule has 0 atom stereocenters. The molecular weight excluding hydrogens is 438 g/mol. The Bertz CT molecular complexity index is 896. The van der Waals surface area contributed by atoms with Gasteiger partial charge in [-0.3, -0.25) is 0 Å². The Balaban J connectivity index is 1.94. The highest BCUT2D eigenvalue weighted by Gasteiger charge is 2.19. The van der Waals surface area contributed by atoms with Crippen molar-refractivity contribution in [3.8, 4) is 0 Å². The van der Waals surface area contributed by atoms with Crippen LogP contribution in [0.3, 0.4) is 0 Å². The lowest BCUT2D eigenvalue weighted by Crippen LogP contribution is -2.25. The fourth-order valence-corrected chi connectivity index (χ4v) is 4.34. The molecule has 0 spiro atoms. The smallest absolute Gasteiger partial charge is 0.338 e. The number of carbonyl (C=O) groups excluding carboxylic acids is 1. The third kappa shape index (κ3) is 5.85. The average Bonchev–Trinajstić information content (AvgIpc) is 3.08. The second-order valence-corrected chi connectivity index (χ2v) is 8.66. The molecule has 0 unspecified atom stereocenters. The van der Waals surface area contributed by atoms with E-state index < -0.39 is 16.0 Å². The van der Waals surface area contributed by atoms with E-state index in [-0.39, 0.29) is 29.5 Å². The number of ether oxygens (including phenoxy) is 1. The second-order valence-electron chi connectivity index (χ2n) is 6.07. The van der Waals surface area contributed by atoms with Crippen molar-refractivity contribution in [2.45, 2.75) is 44.4 Å². The van der Waals surface area contributed by atoms with Gasteiger partial charge in [0.2, 0.25) is 15.9 Å². The Morgan fingerprint density at radius 3 is 2.70 bits per heavy atom. The van der Waals surface area contributed by atoms with Gasteiger partial charge < -0.3 is 9.26 Å². The van der Waals surface area contributed by atoms with Crippen LogP contribution >= 0.6 is 15.9 Å². The number of hydrogen-bond donors (Lipinski definition) is 1. The highest BCUT2D eigenvalue weighted by Crippen LogP contribution is 2.23. The van der Waals surface area contributed by atoms with Crippen LogP contribution in [-0.2, 0) is 21.2 Å². The number of nitrogens with one attached hydrogen (secondary N) is 1. The van der Waals surface area contributed by atoms with Crippen molar-refractivity contribution in [1.29, 1.82) is 0 Å². The maximum atomic E-state index is 12.5. The van der Waals surface area contributed by atoms with Crippen molar-refractivity contribution in [2.75, 3.05) is 13.2 Å². The van der Waals surface area contributed by atoms with Crippen LogP contribution in [0.4, 0.5) is 0 Å². The van der Waals surface area contributed by atoms with E-state index >= 15 is 0 Å². The second kappa shape index (κ2) is 9.43. The summed E-state index contributed by atoms with van der Waals surface area (Å²) in [6.45, 7) is 6.10. The van der Waals surface area contributed by atoms with E-state index in [1.165, 1.54) is 18.2 Å². The molecule has 0 fully saturated rings. The zero-order valence-electron chi connectivity index (χ0n) is 15.4. The number of benzene rings is 1. The molecule has 0 aliphatic carbocycles. The van der Waals surface area contributed by atoms with Gasteiger partial charge in [-0.05, 0) is 47.5 Å². The summed E-state index contributed by atoms with van der Waals surface area (Å²) in [4.78, 5) is 16.0. The van der Waals surface area contributed by atoms with Crippen LogP contribution in [0.2, 0.25) is 0 Å². The standard InChI is InChI=1S/C17H22BrN3O5S/c1-4-25-17(22)12-7-8-14(13(18)10-12)27(23,24)19-9-5-6-15-20-16(11(2)3)21-26-15/h7-8,10-11,19H,4-6,9H2,1-3H3. The van der Waals surface area contributed by atoms with Crippen LogP contribution in [0, 0.1) is 0 Å². The summed E-state index contributed by atoms with van der Waals surface area (Å²) in [6.07, 6.45) is 0.989. The summed E-state index contributed by atoms with van der Waals surface area (Å²) >= 11 is 3.20. The van der Waals surface area contributed by atoms with Crippen LogP contribution < -0.4 is 4.72 Å². The summed E-state index contributed by atoms with van der Waals surface area (Å²) in [5, 5.41) is 3.87. The molecule has 0 aliphatic heterocycles. The molecule has 27 heavy (non-hydrogen) atoms. The van der Waals surface area contributed by atoms with Gasteiger partial charge in [0.25, 0.3) is 0 Å². The molecular formula is C17H22BrN3O5S. The van der Waals surface area contributed by atoms with Gasteiger partial charge in [0.05, 0.1) is 17.1 Å². The number of hydrogen-bond acceptors (Lipinski definition) is 7. The fourth-order valence-electron chi connectivity index (χ4n) is 2.19. The Hall–Kier alpha value is -1.78. The molecule has 0 bridgehead atoms. The van der Waals surface area contributed by atoms with Gasteiger partial charge >= 0.3 is 5.97 Å². The van der Waals surface area contributed by atoms with E-state index in [0.29, 0.717) is 29.0 Å². The lowest BCUT2D eigenvalue weighted by atomic mass is 10.2. The van der Waals surface area contributed by atoms with Gasteiger partial charge in [-0.25, -0.2) is 17.9 Å². The van der Waals surface area contributed by atoms with E-state index in [2.05, 4.69) is 30.8 Å². The predicted molar refractivity (Wildman–Crippen MR) is 102 cm³/mol. The Morgan fingerprint density at radius 1 is 1.37 bits per heavy atom. The van der Waals surface area contributed by atoms with Gasteiger partial charge in [-0.2, -0.15) is 4.98 Å². The van der Waals surface area contributed by atoms with Gasteiger partial charge in [0.1, 0.15) is 0 Å². The molecule has 1 aromatic carbocycles. The molecule has 8 nitrogen and oxygen atoms in total. The summed E-state index contributed by atoms with van der Waals surface area (Å²) in [5.74, 6) is 0.792. The minimum atomic E-state index is -3.72. The number of halogens is 1. The van der Waals surface area contributed by atoms with E-state index in [1.807, 2.05) is 13.8 Å². The van der Waals surface area contributed by atoms with Crippen molar-refractivity contribution in [2.24, 2.45) is 0 Å². The van der Waals surface area contributed by atoms with Crippen molar-refractivity contribution < 1.29 is 22.5 Å². The van der Waals surface area contributed by atoms with Gasteiger partial charge in [0, 0.05) is 23.4 Å². The normalized spacial score (nSPS) is 11.7. The number of aromatic nitrogens is 2. The van der Waals surface area contributed by atoms with Gasteiger partial charge in [-0.15, -0.1) is 0 Å². The number of sulfonamides is 1. The summed E-state index contributed by atoms with van der Waals surface area (Å²) in [7, 11) is -3.72. The molecule has 0 saturated carbocycles. The van der Waals surface area contributed by atoms with Gasteiger partial charge in [0.15, 0.2) is 5.82 Å². The first-order valence-electron chi connectivity index (χ1n) is 8.53. The first-order valence-corrected chi connectivity index (χ1v) is 10.8. The monoisotopic (exact) mass is 459 g/mol. The Labute approximate surface area is 166 Å². The third-order valence-electron chi connectivity index (χ3n) is 3.59. The Kier molecular flexibility index (Phi) is 7.51. The molecule has 1 N–H and O–H groups in total. The molecule has 2 aromatic rings. The minimum Gasteiger partial charge on any atom is -0.462 e. The van der Waals surface area contributed by atoms with Gasteiger partial charge in [-0.1, -0.05) is 19.0 Å².